The summed E-state index contributed by atoms with van der Waals surface area (Å²) in [5.41, 5.74) is -0.309. The van der Waals surface area contributed by atoms with E-state index < -0.39 is 28.4 Å². The van der Waals surface area contributed by atoms with Gasteiger partial charge < -0.3 is 14.2 Å². The van der Waals surface area contributed by atoms with E-state index in [-0.39, 0.29) is 11.3 Å². The second-order valence-electron chi connectivity index (χ2n) is 5.79. The van der Waals surface area contributed by atoms with E-state index in [1.54, 1.807) is 0 Å². The third kappa shape index (κ3) is 3.10. The highest BCUT2D eigenvalue weighted by molar-refractivity contribution is 6.01. The lowest BCUT2D eigenvalue weighted by Crippen LogP contribution is -2.25. The van der Waals surface area contributed by atoms with Gasteiger partial charge in [-0.15, -0.1) is 0 Å². The van der Waals surface area contributed by atoms with E-state index in [1.807, 2.05) is 13.8 Å². The highest BCUT2D eigenvalue weighted by atomic mass is 16.6. The van der Waals surface area contributed by atoms with Crippen LogP contribution >= 0.6 is 0 Å². The first kappa shape index (κ1) is 16.7. The number of ether oxygens (including phenoxy) is 3. The largest absolute Gasteiger partial charge is 0.487 e. The number of fused-ring (bicyclic) bond motifs is 1. The van der Waals surface area contributed by atoms with Crippen molar-refractivity contribution in [1.82, 2.24) is 0 Å². The molecule has 0 atom stereocenters. The van der Waals surface area contributed by atoms with Gasteiger partial charge in [0.05, 0.1) is 24.7 Å². The summed E-state index contributed by atoms with van der Waals surface area (Å²) in [6, 6.07) is 2.68. The van der Waals surface area contributed by atoms with Crippen LogP contribution < -0.4 is 4.74 Å². The van der Waals surface area contributed by atoms with Gasteiger partial charge in [0, 0.05) is 18.1 Å². The Labute approximate surface area is 132 Å². The number of nitro groups is 1. The maximum atomic E-state index is 11.9. The van der Waals surface area contributed by atoms with Gasteiger partial charge in [0.1, 0.15) is 11.4 Å². The van der Waals surface area contributed by atoms with Gasteiger partial charge in [0.2, 0.25) is 0 Å². The van der Waals surface area contributed by atoms with Crippen LogP contribution in [-0.2, 0) is 25.5 Å². The van der Waals surface area contributed by atoms with Crippen LogP contribution in [0.1, 0.15) is 30.9 Å². The topological polar surface area (TPSA) is 105 Å². The predicted molar refractivity (Wildman–Crippen MR) is 78.3 cm³/mol. The van der Waals surface area contributed by atoms with Gasteiger partial charge in [-0.2, -0.15) is 0 Å². The molecule has 0 saturated heterocycles. The fourth-order valence-corrected chi connectivity index (χ4v) is 2.63. The number of hydrogen-bond acceptors (Lipinski definition) is 7. The number of benzene rings is 1. The third-order valence-electron chi connectivity index (χ3n) is 3.59. The number of nitrogens with zero attached hydrogens (tertiary/aromatic N) is 1. The second kappa shape index (κ2) is 5.86. The van der Waals surface area contributed by atoms with Crippen LogP contribution in [0.5, 0.6) is 5.75 Å². The molecule has 1 aliphatic heterocycles. The Balaban J connectivity index is 2.63. The van der Waals surface area contributed by atoms with Gasteiger partial charge in [0.25, 0.3) is 5.69 Å². The molecular formula is C15H17NO7. The molecule has 124 valence electrons. The molecule has 2 rings (SSSR count). The first-order valence-electron chi connectivity index (χ1n) is 6.86. The fourth-order valence-electron chi connectivity index (χ4n) is 2.63. The minimum Gasteiger partial charge on any atom is -0.487 e. The molecular weight excluding hydrogens is 306 g/mol. The average Bonchev–Trinajstić information content (AvgIpc) is 2.78. The fraction of sp³-hybridized carbons (Fsp3) is 0.467. The Morgan fingerprint density at radius 2 is 1.83 bits per heavy atom. The number of rotatable bonds is 4. The monoisotopic (exact) mass is 323 g/mol. The maximum Gasteiger partial charge on any atom is 0.324 e. The van der Waals surface area contributed by atoms with Gasteiger partial charge in [-0.3, -0.25) is 19.7 Å². The Morgan fingerprint density at radius 1 is 1.26 bits per heavy atom. The van der Waals surface area contributed by atoms with Crippen LogP contribution in [0.3, 0.4) is 0 Å². The van der Waals surface area contributed by atoms with Gasteiger partial charge in [-0.1, -0.05) is 0 Å². The molecule has 8 nitrogen and oxygen atoms in total. The van der Waals surface area contributed by atoms with Crippen molar-refractivity contribution in [3.8, 4) is 5.75 Å². The zero-order valence-electron chi connectivity index (χ0n) is 13.2. The molecule has 0 radical (unpaired) electrons. The predicted octanol–water partition coefficient (Wildman–Crippen LogP) is 1.74. The van der Waals surface area contributed by atoms with E-state index in [9.17, 15) is 19.7 Å². The molecule has 0 fully saturated rings. The quantitative estimate of drug-likeness (QED) is 0.359. The van der Waals surface area contributed by atoms with Gasteiger partial charge >= 0.3 is 11.9 Å². The molecule has 0 amide bonds. The summed E-state index contributed by atoms with van der Waals surface area (Å²) in [6.45, 7) is 3.69. The zero-order chi connectivity index (χ0) is 17.4. The van der Waals surface area contributed by atoms with Crippen LogP contribution in [-0.4, -0.2) is 36.7 Å². The normalized spacial score (nSPS) is 14.8. The van der Waals surface area contributed by atoms with E-state index in [0.717, 1.165) is 14.2 Å². The van der Waals surface area contributed by atoms with Gasteiger partial charge in [-0.25, -0.2) is 0 Å². The molecule has 1 aromatic rings. The molecule has 0 N–H and O–H groups in total. The SMILES string of the molecule is COC(=O)C(C(=O)OC)c1cc2c(cc1[N+](=O)[O-])CC(C)(C)O2. The van der Waals surface area contributed by atoms with Crippen molar-refractivity contribution in [2.45, 2.75) is 31.8 Å². The lowest BCUT2D eigenvalue weighted by molar-refractivity contribution is -0.385. The highest BCUT2D eigenvalue weighted by Crippen LogP contribution is 2.41. The van der Waals surface area contributed by atoms with Crippen molar-refractivity contribution in [3.63, 3.8) is 0 Å². The summed E-state index contributed by atoms with van der Waals surface area (Å²) >= 11 is 0. The number of carbonyl (C=O) groups is 2. The Morgan fingerprint density at radius 3 is 2.30 bits per heavy atom. The van der Waals surface area contributed by atoms with Crippen LogP contribution in [0.2, 0.25) is 0 Å². The minimum absolute atomic E-state index is 0.106. The van der Waals surface area contributed by atoms with Crippen molar-refractivity contribution < 1.29 is 28.7 Å². The Hall–Kier alpha value is -2.64. The first-order chi connectivity index (χ1) is 10.7. The molecule has 1 heterocycles. The molecule has 0 bridgehead atoms. The van der Waals surface area contributed by atoms with E-state index in [0.29, 0.717) is 17.7 Å². The highest BCUT2D eigenvalue weighted by Gasteiger charge is 2.40. The van der Waals surface area contributed by atoms with E-state index in [1.165, 1.54) is 12.1 Å². The second-order valence-corrected chi connectivity index (χ2v) is 5.79. The average molecular weight is 323 g/mol. The van der Waals surface area contributed by atoms with Crippen LogP contribution in [0.25, 0.3) is 0 Å². The molecule has 23 heavy (non-hydrogen) atoms. The van der Waals surface area contributed by atoms with Crippen molar-refractivity contribution in [1.29, 1.82) is 0 Å². The standard InChI is InChI=1S/C15H17NO7/c1-15(2)7-8-5-10(16(19)20)9(6-11(8)23-15)12(13(17)21-3)14(18)22-4/h5-6,12H,7H2,1-4H3. The van der Waals surface area contributed by atoms with Gasteiger partial charge in [0.15, 0.2) is 5.92 Å². The maximum absolute atomic E-state index is 11.9. The van der Waals surface area contributed by atoms with E-state index in [2.05, 4.69) is 9.47 Å². The molecule has 1 aromatic carbocycles. The minimum atomic E-state index is -1.54. The summed E-state index contributed by atoms with van der Waals surface area (Å²) in [4.78, 5) is 34.6. The smallest absolute Gasteiger partial charge is 0.324 e. The van der Waals surface area contributed by atoms with E-state index in [4.69, 9.17) is 4.74 Å². The molecule has 0 spiro atoms. The van der Waals surface area contributed by atoms with Crippen LogP contribution in [0.15, 0.2) is 12.1 Å². The van der Waals surface area contributed by atoms with Crippen molar-refractivity contribution >= 4 is 17.6 Å². The number of carbonyl (C=O) groups excluding carboxylic acids is 2. The first-order valence-corrected chi connectivity index (χ1v) is 6.86. The molecule has 0 saturated carbocycles. The summed E-state index contributed by atoms with van der Waals surface area (Å²) in [5.74, 6) is -2.99. The molecule has 1 aliphatic rings. The number of esters is 2. The number of hydrogen-bond donors (Lipinski definition) is 0. The molecule has 8 heteroatoms. The summed E-state index contributed by atoms with van der Waals surface area (Å²) < 4.78 is 14.9. The van der Waals surface area contributed by atoms with Crippen LogP contribution in [0.4, 0.5) is 5.69 Å². The van der Waals surface area contributed by atoms with Crippen molar-refractivity contribution in [2.75, 3.05) is 14.2 Å². The number of methoxy groups -OCH3 is 2. The summed E-state index contributed by atoms with van der Waals surface area (Å²) in [5, 5.41) is 11.4. The van der Waals surface area contributed by atoms with E-state index >= 15 is 0 Å². The van der Waals surface area contributed by atoms with Crippen molar-refractivity contribution in [3.05, 3.63) is 33.4 Å². The lowest BCUT2D eigenvalue weighted by atomic mass is 9.93. The zero-order valence-corrected chi connectivity index (χ0v) is 13.2. The molecule has 0 aromatic heterocycles. The summed E-state index contributed by atoms with van der Waals surface area (Å²) in [6.07, 6.45) is 0.491. The Bertz CT molecular complexity index is 665. The van der Waals surface area contributed by atoms with Crippen LogP contribution in [0, 0.1) is 10.1 Å². The van der Waals surface area contributed by atoms with Gasteiger partial charge in [-0.05, 0) is 19.9 Å². The molecule has 0 aliphatic carbocycles. The molecule has 0 unspecified atom stereocenters. The third-order valence-corrected chi connectivity index (χ3v) is 3.59. The lowest BCUT2D eigenvalue weighted by Gasteiger charge is -2.17. The van der Waals surface area contributed by atoms with Crippen molar-refractivity contribution in [2.24, 2.45) is 0 Å². The summed E-state index contributed by atoms with van der Waals surface area (Å²) in [7, 11) is 2.19. The Kier molecular flexibility index (Phi) is 4.26. The number of nitro benzene ring substituents is 1.